The van der Waals surface area contributed by atoms with Crippen LogP contribution in [-0.4, -0.2) is 45.4 Å². The number of methoxy groups -OCH3 is 3. The van der Waals surface area contributed by atoms with Gasteiger partial charge in [0.25, 0.3) is 0 Å². The number of aryl methyl sites for hydroxylation is 1. The Balaban J connectivity index is 2.03. The van der Waals surface area contributed by atoms with Gasteiger partial charge >= 0.3 is 0 Å². The molecule has 1 unspecified atom stereocenters. The summed E-state index contributed by atoms with van der Waals surface area (Å²) in [6.07, 6.45) is 3.28. The number of rotatable bonds is 10. The van der Waals surface area contributed by atoms with E-state index in [0.717, 1.165) is 28.5 Å². The fourth-order valence-corrected chi connectivity index (χ4v) is 3.85. The van der Waals surface area contributed by atoms with E-state index in [0.29, 0.717) is 31.1 Å². The van der Waals surface area contributed by atoms with E-state index >= 15 is 0 Å². The third-order valence-electron chi connectivity index (χ3n) is 5.42. The topological polar surface area (TPSA) is 72.6 Å². The number of hydrogen-bond acceptors (Lipinski definition) is 4. The highest BCUT2D eigenvalue weighted by Crippen LogP contribution is 2.38. The molecular formula is C24H30N2O4. The molecule has 0 radical (unpaired) electrons. The van der Waals surface area contributed by atoms with Crippen molar-refractivity contribution in [3.8, 4) is 11.5 Å². The molecule has 0 saturated heterocycles. The van der Waals surface area contributed by atoms with Crippen molar-refractivity contribution in [2.75, 3.05) is 34.5 Å². The molecule has 3 rings (SSSR count). The molecule has 30 heavy (non-hydrogen) atoms. The number of carbonyl (C=O) groups is 1. The van der Waals surface area contributed by atoms with Crippen LogP contribution in [-0.2, 0) is 16.0 Å². The maximum absolute atomic E-state index is 12.7. The summed E-state index contributed by atoms with van der Waals surface area (Å²) < 4.78 is 15.9. The van der Waals surface area contributed by atoms with Crippen LogP contribution in [0.15, 0.2) is 42.6 Å². The van der Waals surface area contributed by atoms with Crippen LogP contribution in [0.3, 0.4) is 0 Å². The van der Waals surface area contributed by atoms with Crippen molar-refractivity contribution in [1.82, 2.24) is 10.3 Å². The molecule has 2 N–H and O–H groups in total. The van der Waals surface area contributed by atoms with E-state index in [4.69, 9.17) is 14.2 Å². The van der Waals surface area contributed by atoms with E-state index in [2.05, 4.69) is 35.4 Å². The first-order valence-electron chi connectivity index (χ1n) is 10.2. The van der Waals surface area contributed by atoms with E-state index in [-0.39, 0.29) is 11.8 Å². The zero-order valence-electron chi connectivity index (χ0n) is 18.1. The number of nitrogens with one attached hydrogen (secondary N) is 2. The molecule has 0 aliphatic carbocycles. The van der Waals surface area contributed by atoms with Crippen molar-refractivity contribution < 1.29 is 19.0 Å². The van der Waals surface area contributed by atoms with Crippen molar-refractivity contribution in [3.05, 3.63) is 59.3 Å². The molecule has 2 aromatic carbocycles. The number of aromatic amines is 1. The van der Waals surface area contributed by atoms with E-state index in [1.807, 2.05) is 24.4 Å². The summed E-state index contributed by atoms with van der Waals surface area (Å²) >= 11 is 0. The van der Waals surface area contributed by atoms with Gasteiger partial charge in [0.2, 0.25) is 5.91 Å². The van der Waals surface area contributed by atoms with Crippen LogP contribution < -0.4 is 14.8 Å². The first-order chi connectivity index (χ1) is 14.6. The second kappa shape index (κ2) is 10.2. The van der Waals surface area contributed by atoms with Crippen molar-refractivity contribution >= 4 is 16.8 Å². The zero-order chi connectivity index (χ0) is 21.5. The van der Waals surface area contributed by atoms with Gasteiger partial charge in [0.1, 0.15) is 0 Å². The summed E-state index contributed by atoms with van der Waals surface area (Å²) in [5, 5.41) is 4.08. The molecule has 0 fully saturated rings. The largest absolute Gasteiger partial charge is 0.493 e. The molecular weight excluding hydrogens is 380 g/mol. The van der Waals surface area contributed by atoms with Crippen molar-refractivity contribution in [2.24, 2.45) is 0 Å². The number of H-pyrrole nitrogens is 1. The predicted octanol–water partition coefficient (Wildman–Crippen LogP) is 4.03. The zero-order valence-corrected chi connectivity index (χ0v) is 18.1. The Hall–Kier alpha value is -2.99. The fourth-order valence-electron chi connectivity index (χ4n) is 3.85. The minimum absolute atomic E-state index is 0.0205. The SMILES string of the molecule is CCc1cccc2c(C(CC(=O)NCCOC)c3ccc(OC)c(OC)c3)c[nH]c12. The molecule has 0 aliphatic heterocycles. The monoisotopic (exact) mass is 410 g/mol. The van der Waals surface area contributed by atoms with Gasteiger partial charge in [-0.05, 0) is 35.2 Å². The molecule has 0 saturated carbocycles. The summed E-state index contributed by atoms with van der Waals surface area (Å²) in [6, 6.07) is 12.1. The highest BCUT2D eigenvalue weighted by atomic mass is 16.5. The summed E-state index contributed by atoms with van der Waals surface area (Å²) in [7, 11) is 4.85. The second-order valence-electron chi connectivity index (χ2n) is 7.15. The molecule has 0 spiro atoms. The number of benzene rings is 2. The van der Waals surface area contributed by atoms with Crippen molar-refractivity contribution in [3.63, 3.8) is 0 Å². The van der Waals surface area contributed by atoms with Crippen LogP contribution in [0.4, 0.5) is 0 Å². The third-order valence-corrected chi connectivity index (χ3v) is 5.42. The molecule has 0 aliphatic rings. The molecule has 1 amide bonds. The summed E-state index contributed by atoms with van der Waals surface area (Å²) in [4.78, 5) is 16.1. The maximum Gasteiger partial charge on any atom is 0.221 e. The van der Waals surface area contributed by atoms with Gasteiger partial charge in [-0.2, -0.15) is 0 Å². The number of carbonyl (C=O) groups excluding carboxylic acids is 1. The minimum Gasteiger partial charge on any atom is -0.493 e. The summed E-state index contributed by atoms with van der Waals surface area (Å²) in [5.41, 5.74) is 4.47. The molecule has 1 aromatic heterocycles. The average Bonchev–Trinajstić information content (AvgIpc) is 3.21. The third kappa shape index (κ3) is 4.60. The van der Waals surface area contributed by atoms with Gasteiger partial charge in [-0.25, -0.2) is 0 Å². The quantitative estimate of drug-likeness (QED) is 0.495. The van der Waals surface area contributed by atoms with Crippen LogP contribution in [0.25, 0.3) is 10.9 Å². The highest BCUT2D eigenvalue weighted by Gasteiger charge is 2.23. The fraction of sp³-hybridized carbons (Fsp3) is 0.375. The summed E-state index contributed by atoms with van der Waals surface area (Å²) in [5.74, 6) is 1.16. The Morgan fingerprint density at radius 1 is 1.10 bits per heavy atom. The first-order valence-corrected chi connectivity index (χ1v) is 10.2. The molecule has 1 heterocycles. The van der Waals surface area contributed by atoms with E-state index < -0.39 is 0 Å². The molecule has 3 aromatic rings. The molecule has 160 valence electrons. The Labute approximate surface area is 177 Å². The lowest BCUT2D eigenvalue weighted by Crippen LogP contribution is -2.28. The average molecular weight is 411 g/mol. The smallest absolute Gasteiger partial charge is 0.221 e. The predicted molar refractivity (Wildman–Crippen MR) is 119 cm³/mol. The van der Waals surface area contributed by atoms with Gasteiger partial charge in [-0.3, -0.25) is 4.79 Å². The van der Waals surface area contributed by atoms with Gasteiger partial charge < -0.3 is 24.5 Å². The number of ether oxygens (including phenoxy) is 3. The molecule has 0 bridgehead atoms. The summed E-state index contributed by atoms with van der Waals surface area (Å²) in [6.45, 7) is 3.12. The van der Waals surface area contributed by atoms with E-state index in [9.17, 15) is 4.79 Å². The number of hydrogen-bond donors (Lipinski definition) is 2. The first kappa shape index (κ1) is 21.7. The lowest BCUT2D eigenvalue weighted by atomic mass is 9.87. The molecule has 6 nitrogen and oxygen atoms in total. The maximum atomic E-state index is 12.7. The number of para-hydroxylation sites is 1. The Morgan fingerprint density at radius 3 is 2.60 bits per heavy atom. The van der Waals surface area contributed by atoms with Gasteiger partial charge in [0.15, 0.2) is 11.5 Å². The Bertz CT molecular complexity index is 996. The highest BCUT2D eigenvalue weighted by molar-refractivity contribution is 5.88. The Morgan fingerprint density at radius 2 is 1.90 bits per heavy atom. The van der Waals surface area contributed by atoms with Crippen LogP contribution in [0.5, 0.6) is 11.5 Å². The standard InChI is InChI=1S/C24H30N2O4/c1-5-16-7-6-8-18-20(15-26-24(16)18)19(14-23(27)25-11-12-28-2)17-9-10-21(29-3)22(13-17)30-4/h6-10,13,15,19,26H,5,11-12,14H2,1-4H3,(H,25,27). The van der Waals surface area contributed by atoms with Crippen LogP contribution in [0.2, 0.25) is 0 Å². The number of aromatic nitrogens is 1. The second-order valence-corrected chi connectivity index (χ2v) is 7.15. The molecule has 1 atom stereocenters. The van der Waals surface area contributed by atoms with Crippen LogP contribution in [0.1, 0.15) is 36.0 Å². The van der Waals surface area contributed by atoms with Crippen molar-refractivity contribution in [2.45, 2.75) is 25.7 Å². The van der Waals surface area contributed by atoms with Gasteiger partial charge in [-0.15, -0.1) is 0 Å². The van der Waals surface area contributed by atoms with Crippen molar-refractivity contribution in [1.29, 1.82) is 0 Å². The van der Waals surface area contributed by atoms with Gasteiger partial charge in [-0.1, -0.05) is 31.2 Å². The normalized spacial score (nSPS) is 12.0. The number of fused-ring (bicyclic) bond motifs is 1. The lowest BCUT2D eigenvalue weighted by molar-refractivity contribution is -0.121. The van der Waals surface area contributed by atoms with Crippen LogP contribution >= 0.6 is 0 Å². The lowest BCUT2D eigenvalue weighted by Gasteiger charge is -2.19. The van der Waals surface area contributed by atoms with Gasteiger partial charge in [0, 0.05) is 43.1 Å². The van der Waals surface area contributed by atoms with Gasteiger partial charge in [0.05, 0.1) is 20.8 Å². The minimum atomic E-state index is -0.131. The van der Waals surface area contributed by atoms with E-state index in [1.165, 1.54) is 5.56 Å². The van der Waals surface area contributed by atoms with Crippen LogP contribution in [0, 0.1) is 0 Å². The number of amides is 1. The molecule has 6 heteroatoms. The Kier molecular flexibility index (Phi) is 7.36. The van der Waals surface area contributed by atoms with E-state index in [1.54, 1.807) is 21.3 Å².